The first-order chi connectivity index (χ1) is 11.0. The second-order valence-corrected chi connectivity index (χ2v) is 5.34. The van der Waals surface area contributed by atoms with Gasteiger partial charge in [0.2, 0.25) is 5.91 Å². The fourth-order valence-corrected chi connectivity index (χ4v) is 2.02. The minimum absolute atomic E-state index is 0.146. The van der Waals surface area contributed by atoms with Crippen LogP contribution in [0.1, 0.15) is 29.8 Å². The van der Waals surface area contributed by atoms with Crippen LogP contribution in [0.2, 0.25) is 5.02 Å². The maximum absolute atomic E-state index is 12.0. The van der Waals surface area contributed by atoms with Gasteiger partial charge in [-0.3, -0.25) is 9.59 Å². The van der Waals surface area contributed by atoms with Gasteiger partial charge in [0.05, 0.1) is 5.71 Å². The molecule has 2 aromatic rings. The second-order valence-electron chi connectivity index (χ2n) is 4.91. The van der Waals surface area contributed by atoms with Crippen LogP contribution in [0.25, 0.3) is 0 Å². The van der Waals surface area contributed by atoms with Crippen molar-refractivity contribution in [2.45, 2.75) is 13.8 Å². The number of carbonyl (C=O) groups is 2. The van der Waals surface area contributed by atoms with Gasteiger partial charge < -0.3 is 5.32 Å². The molecule has 0 fully saturated rings. The standard InChI is InChI=1S/C17H16ClN3O2/c1-11(14-4-3-5-16(10-14)19-12(2)22)20-21-17(23)13-6-8-15(18)9-7-13/h3-10H,1-2H3,(H,19,22)(H,21,23)/b20-11-. The Hall–Kier alpha value is -2.66. The molecular formula is C17H16ClN3O2. The summed E-state index contributed by atoms with van der Waals surface area (Å²) in [6, 6.07) is 13.8. The molecule has 0 heterocycles. The summed E-state index contributed by atoms with van der Waals surface area (Å²) in [5.74, 6) is -0.466. The van der Waals surface area contributed by atoms with Crippen molar-refractivity contribution < 1.29 is 9.59 Å². The fourth-order valence-electron chi connectivity index (χ4n) is 1.89. The molecule has 2 amide bonds. The number of hydrazone groups is 1. The molecule has 0 aromatic heterocycles. The van der Waals surface area contributed by atoms with Crippen LogP contribution in [-0.4, -0.2) is 17.5 Å². The summed E-state index contributed by atoms with van der Waals surface area (Å²) in [5, 5.41) is 7.35. The molecule has 0 aliphatic carbocycles. The van der Waals surface area contributed by atoms with Crippen LogP contribution in [0.5, 0.6) is 0 Å². The molecule has 0 spiro atoms. The lowest BCUT2D eigenvalue weighted by Gasteiger charge is -2.06. The average molecular weight is 330 g/mol. The van der Waals surface area contributed by atoms with Crippen LogP contribution in [0.15, 0.2) is 53.6 Å². The van der Waals surface area contributed by atoms with Gasteiger partial charge >= 0.3 is 0 Å². The van der Waals surface area contributed by atoms with E-state index < -0.39 is 0 Å². The topological polar surface area (TPSA) is 70.6 Å². The van der Waals surface area contributed by atoms with Gasteiger partial charge in [0.1, 0.15) is 0 Å². The zero-order valence-corrected chi connectivity index (χ0v) is 13.5. The number of nitrogens with zero attached hydrogens (tertiary/aromatic N) is 1. The molecule has 0 atom stereocenters. The van der Waals surface area contributed by atoms with Crippen molar-refractivity contribution in [1.82, 2.24) is 5.43 Å². The Morgan fingerprint density at radius 2 is 1.70 bits per heavy atom. The van der Waals surface area contributed by atoms with Crippen molar-refractivity contribution in [1.29, 1.82) is 0 Å². The molecule has 0 bridgehead atoms. The number of amides is 2. The Bertz CT molecular complexity index is 755. The third-order valence-electron chi connectivity index (χ3n) is 3.03. The van der Waals surface area contributed by atoms with Gasteiger partial charge in [-0.25, -0.2) is 5.43 Å². The predicted molar refractivity (Wildman–Crippen MR) is 91.9 cm³/mol. The van der Waals surface area contributed by atoms with E-state index in [0.29, 0.717) is 22.0 Å². The second kappa shape index (κ2) is 7.56. The Kier molecular flexibility index (Phi) is 5.49. The molecule has 0 aliphatic heterocycles. The number of anilines is 1. The first-order valence-electron chi connectivity index (χ1n) is 6.94. The van der Waals surface area contributed by atoms with Crippen LogP contribution in [0.4, 0.5) is 5.69 Å². The first kappa shape index (κ1) is 16.7. The van der Waals surface area contributed by atoms with Gasteiger partial charge in [-0.15, -0.1) is 0 Å². The van der Waals surface area contributed by atoms with E-state index in [0.717, 1.165) is 5.56 Å². The Balaban J connectivity index is 2.09. The summed E-state index contributed by atoms with van der Waals surface area (Å²) in [5.41, 5.74) is 5.06. The molecule has 0 saturated heterocycles. The number of carbonyl (C=O) groups excluding carboxylic acids is 2. The maximum atomic E-state index is 12.0. The highest BCUT2D eigenvalue weighted by Gasteiger charge is 2.05. The van der Waals surface area contributed by atoms with Gasteiger partial charge in [0.25, 0.3) is 5.91 Å². The van der Waals surface area contributed by atoms with Crippen LogP contribution >= 0.6 is 11.6 Å². The molecule has 23 heavy (non-hydrogen) atoms. The van der Waals surface area contributed by atoms with E-state index >= 15 is 0 Å². The van der Waals surface area contributed by atoms with E-state index in [4.69, 9.17) is 11.6 Å². The molecular weight excluding hydrogens is 314 g/mol. The predicted octanol–water partition coefficient (Wildman–Crippen LogP) is 3.45. The van der Waals surface area contributed by atoms with Gasteiger partial charge in [0.15, 0.2) is 0 Å². The van der Waals surface area contributed by atoms with Crippen LogP contribution in [0, 0.1) is 0 Å². The third kappa shape index (κ3) is 4.93. The Morgan fingerprint density at radius 1 is 1.00 bits per heavy atom. The lowest BCUT2D eigenvalue weighted by Crippen LogP contribution is -2.19. The lowest BCUT2D eigenvalue weighted by atomic mass is 10.1. The molecule has 0 radical (unpaired) electrons. The highest BCUT2D eigenvalue weighted by atomic mass is 35.5. The summed E-state index contributed by atoms with van der Waals surface area (Å²) >= 11 is 5.79. The van der Waals surface area contributed by atoms with Crippen molar-refractivity contribution in [2.75, 3.05) is 5.32 Å². The number of benzene rings is 2. The van der Waals surface area contributed by atoms with E-state index in [1.54, 1.807) is 49.4 Å². The quantitative estimate of drug-likeness (QED) is 0.666. The molecule has 2 rings (SSSR count). The summed E-state index contributed by atoms with van der Waals surface area (Å²) < 4.78 is 0. The molecule has 6 heteroatoms. The molecule has 0 saturated carbocycles. The number of hydrogen-bond acceptors (Lipinski definition) is 3. The van der Waals surface area contributed by atoms with E-state index in [1.807, 2.05) is 6.07 Å². The van der Waals surface area contributed by atoms with Gasteiger partial charge in [-0.2, -0.15) is 5.10 Å². The molecule has 2 N–H and O–H groups in total. The number of hydrogen-bond donors (Lipinski definition) is 2. The van der Waals surface area contributed by atoms with Crippen LogP contribution in [0.3, 0.4) is 0 Å². The molecule has 5 nitrogen and oxygen atoms in total. The molecule has 2 aromatic carbocycles. The minimum atomic E-state index is -0.320. The Morgan fingerprint density at radius 3 is 2.35 bits per heavy atom. The van der Waals surface area contributed by atoms with E-state index in [1.165, 1.54) is 6.92 Å². The number of halogens is 1. The maximum Gasteiger partial charge on any atom is 0.271 e. The van der Waals surface area contributed by atoms with Crippen molar-refractivity contribution >= 4 is 34.8 Å². The zero-order chi connectivity index (χ0) is 16.8. The van der Waals surface area contributed by atoms with Crippen molar-refractivity contribution in [3.05, 3.63) is 64.7 Å². The summed E-state index contributed by atoms with van der Waals surface area (Å²) in [7, 11) is 0. The third-order valence-corrected chi connectivity index (χ3v) is 3.28. The van der Waals surface area contributed by atoms with Crippen LogP contribution < -0.4 is 10.7 Å². The smallest absolute Gasteiger partial charge is 0.271 e. The fraction of sp³-hybridized carbons (Fsp3) is 0.118. The monoisotopic (exact) mass is 329 g/mol. The Labute approximate surface area is 139 Å². The van der Waals surface area contributed by atoms with Gasteiger partial charge in [-0.05, 0) is 48.9 Å². The highest BCUT2D eigenvalue weighted by Crippen LogP contribution is 2.12. The molecule has 118 valence electrons. The van der Waals surface area contributed by atoms with Crippen molar-refractivity contribution in [3.8, 4) is 0 Å². The average Bonchev–Trinajstić information content (AvgIpc) is 2.52. The van der Waals surface area contributed by atoms with Gasteiger partial charge in [-0.1, -0.05) is 23.7 Å². The first-order valence-corrected chi connectivity index (χ1v) is 7.32. The SMILES string of the molecule is CC(=O)Nc1cccc(/C(C)=N\NC(=O)c2ccc(Cl)cc2)c1. The molecule has 0 unspecified atom stereocenters. The normalized spacial score (nSPS) is 11.0. The summed E-state index contributed by atoms with van der Waals surface area (Å²) in [4.78, 5) is 23.1. The van der Waals surface area contributed by atoms with Crippen LogP contribution in [-0.2, 0) is 4.79 Å². The zero-order valence-electron chi connectivity index (χ0n) is 12.8. The largest absolute Gasteiger partial charge is 0.326 e. The van der Waals surface area contributed by atoms with Gasteiger partial charge in [0, 0.05) is 23.2 Å². The van der Waals surface area contributed by atoms with E-state index in [2.05, 4.69) is 15.8 Å². The number of nitrogens with one attached hydrogen (secondary N) is 2. The number of rotatable bonds is 4. The summed E-state index contributed by atoms with van der Waals surface area (Å²) in [6.45, 7) is 3.22. The molecule has 0 aliphatic rings. The van der Waals surface area contributed by atoms with E-state index in [-0.39, 0.29) is 11.8 Å². The summed E-state index contributed by atoms with van der Waals surface area (Å²) in [6.07, 6.45) is 0. The lowest BCUT2D eigenvalue weighted by molar-refractivity contribution is -0.114. The van der Waals surface area contributed by atoms with Crippen molar-refractivity contribution in [2.24, 2.45) is 5.10 Å². The van der Waals surface area contributed by atoms with E-state index in [9.17, 15) is 9.59 Å². The highest BCUT2D eigenvalue weighted by molar-refractivity contribution is 6.30. The minimum Gasteiger partial charge on any atom is -0.326 e. The van der Waals surface area contributed by atoms with Crippen molar-refractivity contribution in [3.63, 3.8) is 0 Å².